The Hall–Kier alpha value is -1.46. The van der Waals surface area contributed by atoms with Gasteiger partial charge in [0.05, 0.1) is 29.7 Å². The number of hydrogen-bond donors (Lipinski definition) is 1. The molecule has 0 aliphatic carbocycles. The summed E-state index contributed by atoms with van der Waals surface area (Å²) in [5.74, 6) is -2.55. The Morgan fingerprint density at radius 3 is 2.73 bits per heavy atom. The molecule has 1 N–H and O–H groups in total. The van der Waals surface area contributed by atoms with E-state index in [1.807, 2.05) is 0 Å². The second-order valence-corrected chi connectivity index (χ2v) is 10.2. The standard InChI is InChI=1S/C15H14BrFN2O5S2/c16-8-1-2-10(9(17)5-8)19-11-6-26(23,24)7-12(11)25-15(19)18-13(20)3-4-14(21)22/h1-2,5,11-12H,3-4,6-7H2,(H,21,22)/t11-,12-/m0/s1. The highest BCUT2D eigenvalue weighted by molar-refractivity contribution is 9.10. The van der Waals surface area contributed by atoms with Gasteiger partial charge < -0.3 is 10.0 Å². The number of sulfone groups is 1. The predicted molar refractivity (Wildman–Crippen MR) is 99.7 cm³/mol. The van der Waals surface area contributed by atoms with Crippen LogP contribution in [0.2, 0.25) is 0 Å². The molecule has 2 heterocycles. The Balaban J connectivity index is 1.96. The lowest BCUT2D eigenvalue weighted by Gasteiger charge is -2.25. The molecule has 0 spiro atoms. The second kappa shape index (κ2) is 7.28. The van der Waals surface area contributed by atoms with E-state index in [0.29, 0.717) is 4.47 Å². The fourth-order valence-corrected chi connectivity index (χ4v) is 7.16. The van der Waals surface area contributed by atoms with E-state index >= 15 is 0 Å². The normalized spacial score (nSPS) is 25.5. The SMILES string of the molecule is O=C(O)CCC(=O)N=C1S[C@H]2CS(=O)(=O)C[C@@H]2N1c1ccc(Br)cc1F. The molecule has 0 unspecified atom stereocenters. The largest absolute Gasteiger partial charge is 0.481 e. The van der Waals surface area contributed by atoms with Crippen molar-refractivity contribution in [3.05, 3.63) is 28.5 Å². The first kappa shape index (κ1) is 19.3. The number of amidine groups is 1. The minimum absolute atomic E-state index is 0.0701. The van der Waals surface area contributed by atoms with Gasteiger partial charge in [-0.15, -0.1) is 0 Å². The third kappa shape index (κ3) is 4.09. The molecule has 0 bridgehead atoms. The number of anilines is 1. The van der Waals surface area contributed by atoms with Crippen molar-refractivity contribution in [3.63, 3.8) is 0 Å². The summed E-state index contributed by atoms with van der Waals surface area (Å²) in [5, 5.41) is 8.52. The van der Waals surface area contributed by atoms with E-state index in [4.69, 9.17) is 5.11 Å². The minimum atomic E-state index is -3.25. The van der Waals surface area contributed by atoms with E-state index in [0.717, 1.165) is 11.8 Å². The van der Waals surface area contributed by atoms with Gasteiger partial charge >= 0.3 is 5.97 Å². The highest BCUT2D eigenvalue weighted by atomic mass is 79.9. The maximum Gasteiger partial charge on any atom is 0.303 e. The van der Waals surface area contributed by atoms with Crippen LogP contribution < -0.4 is 4.90 Å². The molecular weight excluding hydrogens is 451 g/mol. The number of halogens is 2. The maximum atomic E-state index is 14.5. The molecule has 2 saturated heterocycles. The van der Waals surface area contributed by atoms with E-state index in [-0.39, 0.29) is 40.5 Å². The molecule has 1 amide bonds. The predicted octanol–water partition coefficient (Wildman–Crippen LogP) is 2.05. The second-order valence-electron chi connectivity index (χ2n) is 5.95. The molecule has 26 heavy (non-hydrogen) atoms. The van der Waals surface area contributed by atoms with Crippen LogP contribution in [0.15, 0.2) is 27.7 Å². The van der Waals surface area contributed by atoms with Crippen LogP contribution in [0.1, 0.15) is 12.8 Å². The number of carbonyl (C=O) groups is 2. The number of thioether (sulfide) groups is 1. The number of amides is 1. The average molecular weight is 465 g/mol. The molecule has 2 aliphatic rings. The van der Waals surface area contributed by atoms with Crippen LogP contribution in [-0.2, 0) is 19.4 Å². The Morgan fingerprint density at radius 1 is 1.35 bits per heavy atom. The number of carbonyl (C=O) groups excluding carboxylic acids is 1. The number of carboxylic acids is 1. The van der Waals surface area contributed by atoms with Crippen molar-refractivity contribution in [2.75, 3.05) is 16.4 Å². The van der Waals surface area contributed by atoms with Gasteiger partial charge in [-0.2, -0.15) is 4.99 Å². The summed E-state index contributed by atoms with van der Waals surface area (Å²) in [6.07, 6.45) is -0.627. The van der Waals surface area contributed by atoms with Crippen molar-refractivity contribution < 1.29 is 27.5 Å². The number of aliphatic carboxylic acids is 1. The zero-order valence-electron chi connectivity index (χ0n) is 13.3. The van der Waals surface area contributed by atoms with E-state index in [1.165, 1.54) is 17.0 Å². The van der Waals surface area contributed by atoms with Gasteiger partial charge in [-0.05, 0) is 18.2 Å². The number of nitrogens with zero attached hydrogens (tertiary/aromatic N) is 2. The lowest BCUT2D eigenvalue weighted by atomic mass is 10.2. The summed E-state index contributed by atoms with van der Waals surface area (Å²) in [4.78, 5) is 27.9. The maximum absolute atomic E-state index is 14.5. The molecule has 0 aromatic heterocycles. The molecule has 1 aromatic rings. The Kier molecular flexibility index (Phi) is 5.40. The van der Waals surface area contributed by atoms with Crippen molar-refractivity contribution in [1.82, 2.24) is 0 Å². The van der Waals surface area contributed by atoms with Gasteiger partial charge in [0.1, 0.15) is 5.82 Å². The van der Waals surface area contributed by atoms with E-state index in [1.54, 1.807) is 6.07 Å². The minimum Gasteiger partial charge on any atom is -0.481 e. The first-order chi connectivity index (χ1) is 12.2. The van der Waals surface area contributed by atoms with Crippen molar-refractivity contribution in [1.29, 1.82) is 0 Å². The molecule has 3 rings (SSSR count). The molecular formula is C15H14BrFN2O5S2. The van der Waals surface area contributed by atoms with Gasteiger partial charge in [-0.25, -0.2) is 12.8 Å². The molecule has 2 atom stereocenters. The monoisotopic (exact) mass is 464 g/mol. The molecule has 0 saturated carbocycles. The van der Waals surface area contributed by atoms with Crippen LogP contribution in [0.5, 0.6) is 0 Å². The number of aliphatic imine (C=N–C) groups is 1. The number of hydrogen-bond acceptors (Lipinski definition) is 5. The van der Waals surface area contributed by atoms with E-state index in [9.17, 15) is 22.4 Å². The lowest BCUT2D eigenvalue weighted by Crippen LogP contribution is -2.38. The first-order valence-corrected chi connectivity index (χ1v) is 11.1. The van der Waals surface area contributed by atoms with Crippen LogP contribution in [0, 0.1) is 5.82 Å². The summed E-state index contributed by atoms with van der Waals surface area (Å²) in [6.45, 7) is 0. The Bertz CT molecular complexity index is 905. The van der Waals surface area contributed by atoms with Gasteiger partial charge in [0.25, 0.3) is 0 Å². The van der Waals surface area contributed by atoms with Crippen LogP contribution in [0.3, 0.4) is 0 Å². The number of benzene rings is 1. The van der Waals surface area contributed by atoms with Crippen LogP contribution in [0.25, 0.3) is 0 Å². The van der Waals surface area contributed by atoms with Gasteiger partial charge in [0.2, 0.25) is 5.91 Å². The molecule has 11 heteroatoms. The van der Waals surface area contributed by atoms with Crippen molar-refractivity contribution in [2.45, 2.75) is 24.1 Å². The topological polar surface area (TPSA) is 104 Å². The third-order valence-corrected chi connectivity index (χ3v) is 7.71. The van der Waals surface area contributed by atoms with E-state index < -0.39 is 33.6 Å². The molecule has 2 aliphatic heterocycles. The molecule has 7 nitrogen and oxygen atoms in total. The van der Waals surface area contributed by atoms with Crippen molar-refractivity contribution in [3.8, 4) is 0 Å². The van der Waals surface area contributed by atoms with Crippen LogP contribution in [0.4, 0.5) is 10.1 Å². The third-order valence-electron chi connectivity index (χ3n) is 4.01. The fraction of sp³-hybridized carbons (Fsp3) is 0.400. The summed E-state index contributed by atoms with van der Waals surface area (Å²) in [5.41, 5.74) is 0.134. The smallest absolute Gasteiger partial charge is 0.303 e. The summed E-state index contributed by atoms with van der Waals surface area (Å²) < 4.78 is 38.9. The first-order valence-electron chi connectivity index (χ1n) is 7.61. The Labute approximate surface area is 161 Å². The molecule has 1 aromatic carbocycles. The lowest BCUT2D eigenvalue weighted by molar-refractivity contribution is -0.138. The highest BCUT2D eigenvalue weighted by Gasteiger charge is 2.49. The van der Waals surface area contributed by atoms with Crippen molar-refractivity contribution in [2.24, 2.45) is 4.99 Å². The quantitative estimate of drug-likeness (QED) is 0.726. The molecule has 140 valence electrons. The summed E-state index contributed by atoms with van der Waals surface area (Å²) in [7, 11) is -3.25. The van der Waals surface area contributed by atoms with Crippen molar-refractivity contribution >= 4 is 60.3 Å². The van der Waals surface area contributed by atoms with Gasteiger partial charge in [-0.3, -0.25) is 9.59 Å². The Morgan fingerprint density at radius 2 is 2.08 bits per heavy atom. The zero-order chi connectivity index (χ0) is 19.1. The molecule has 0 radical (unpaired) electrons. The van der Waals surface area contributed by atoms with Gasteiger partial charge in [-0.1, -0.05) is 27.7 Å². The van der Waals surface area contributed by atoms with Gasteiger partial charge in [0, 0.05) is 16.1 Å². The van der Waals surface area contributed by atoms with Crippen LogP contribution >= 0.6 is 27.7 Å². The molecule has 2 fully saturated rings. The van der Waals surface area contributed by atoms with Crippen LogP contribution in [-0.4, -0.2) is 53.4 Å². The number of rotatable bonds is 4. The zero-order valence-corrected chi connectivity index (χ0v) is 16.5. The number of fused-ring (bicyclic) bond motifs is 1. The average Bonchev–Trinajstić information content (AvgIpc) is 2.97. The summed E-state index contributed by atoms with van der Waals surface area (Å²) in [6, 6.07) is 3.83. The van der Waals surface area contributed by atoms with Gasteiger partial charge in [0.15, 0.2) is 15.0 Å². The van der Waals surface area contributed by atoms with E-state index in [2.05, 4.69) is 20.9 Å². The number of carboxylic acid groups (broad SMARTS) is 1. The summed E-state index contributed by atoms with van der Waals surface area (Å²) >= 11 is 4.28. The fourth-order valence-electron chi connectivity index (χ4n) is 2.90. The highest BCUT2D eigenvalue weighted by Crippen LogP contribution is 2.42.